The summed E-state index contributed by atoms with van der Waals surface area (Å²) in [7, 11) is 7.26. The van der Waals surface area contributed by atoms with E-state index in [1.807, 2.05) is 9.80 Å². The van der Waals surface area contributed by atoms with Crippen LogP contribution in [-0.2, 0) is 33.3 Å². The zero-order valence-corrected chi connectivity index (χ0v) is 22.6. The second kappa shape index (κ2) is 13.7. The maximum Gasteiger partial charge on any atom is 0.339 e. The fraction of sp³-hybridized carbons (Fsp3) is 0.481. The van der Waals surface area contributed by atoms with Crippen LogP contribution in [0.25, 0.3) is 0 Å². The molecule has 2 atom stereocenters. The molecular weight excluding hydrogens is 518 g/mol. The van der Waals surface area contributed by atoms with Crippen molar-refractivity contribution >= 4 is 23.3 Å². The van der Waals surface area contributed by atoms with E-state index in [9.17, 15) is 18.4 Å². The van der Waals surface area contributed by atoms with E-state index in [2.05, 4.69) is 4.74 Å². The summed E-state index contributed by atoms with van der Waals surface area (Å²) < 4.78 is 52.6. The van der Waals surface area contributed by atoms with Crippen LogP contribution in [0.2, 0.25) is 0 Å². The van der Waals surface area contributed by atoms with E-state index in [1.54, 1.807) is 20.3 Å². The Bertz CT molecular complexity index is 1140. The van der Waals surface area contributed by atoms with Gasteiger partial charge < -0.3 is 38.6 Å². The third-order valence-electron chi connectivity index (χ3n) is 6.70. The number of carbonyl (C=O) groups excluding carboxylic acids is 1. The summed E-state index contributed by atoms with van der Waals surface area (Å²) >= 11 is 0. The van der Waals surface area contributed by atoms with Crippen molar-refractivity contribution in [3.8, 4) is 0 Å². The molecule has 214 valence electrons. The van der Waals surface area contributed by atoms with Gasteiger partial charge in [0.2, 0.25) is 0 Å². The number of rotatable bonds is 10. The molecular formula is C27H34F2N2O8. The van der Waals surface area contributed by atoms with E-state index in [4.69, 9.17) is 24.1 Å². The van der Waals surface area contributed by atoms with E-state index < -0.39 is 24.1 Å². The lowest BCUT2D eigenvalue weighted by atomic mass is 10.0. The molecule has 0 radical (unpaired) electrons. The number of hydrogen-bond acceptors (Lipinski definition) is 9. The number of carboxylic acids is 1. The van der Waals surface area contributed by atoms with Crippen molar-refractivity contribution in [2.24, 2.45) is 0 Å². The van der Waals surface area contributed by atoms with Gasteiger partial charge in [0.15, 0.2) is 12.2 Å². The Morgan fingerprint density at radius 1 is 0.769 bits per heavy atom. The average molecular weight is 553 g/mol. The van der Waals surface area contributed by atoms with E-state index in [-0.39, 0.29) is 23.8 Å². The molecule has 0 bridgehead atoms. The smallest absolute Gasteiger partial charge is 0.339 e. The molecule has 4 rings (SSSR count). The van der Waals surface area contributed by atoms with Gasteiger partial charge in [-0.2, -0.15) is 0 Å². The van der Waals surface area contributed by atoms with Crippen LogP contribution in [0.4, 0.5) is 20.2 Å². The number of hydrogen-bond donors (Lipinski definition) is 1. The van der Waals surface area contributed by atoms with Crippen LogP contribution in [0.15, 0.2) is 36.4 Å². The first-order valence-corrected chi connectivity index (χ1v) is 12.2. The Balaban J connectivity index is 0.000000216. The van der Waals surface area contributed by atoms with E-state index in [0.29, 0.717) is 48.7 Å². The first-order valence-electron chi connectivity index (χ1n) is 12.2. The van der Waals surface area contributed by atoms with Crippen LogP contribution in [0, 0.1) is 11.6 Å². The molecule has 2 aromatic carbocycles. The Hall–Kier alpha value is -3.32. The van der Waals surface area contributed by atoms with Gasteiger partial charge >= 0.3 is 11.9 Å². The molecule has 39 heavy (non-hydrogen) atoms. The summed E-state index contributed by atoms with van der Waals surface area (Å²) in [5.41, 5.74) is 1.82. The number of nitrogens with zero attached hydrogens (tertiary/aromatic N) is 2. The maximum absolute atomic E-state index is 13.9. The van der Waals surface area contributed by atoms with Crippen LogP contribution in [0.5, 0.6) is 0 Å². The largest absolute Gasteiger partial charge is 0.479 e. The van der Waals surface area contributed by atoms with Gasteiger partial charge in [-0.1, -0.05) is 12.1 Å². The molecule has 2 heterocycles. The summed E-state index contributed by atoms with van der Waals surface area (Å²) in [6.07, 6.45) is -1.71. The highest BCUT2D eigenvalue weighted by molar-refractivity contribution is 5.77. The van der Waals surface area contributed by atoms with Gasteiger partial charge in [-0.25, -0.2) is 18.4 Å². The molecule has 2 unspecified atom stereocenters. The van der Waals surface area contributed by atoms with E-state index in [1.165, 1.54) is 51.7 Å². The van der Waals surface area contributed by atoms with Gasteiger partial charge in [0.25, 0.3) is 0 Å². The maximum atomic E-state index is 13.9. The summed E-state index contributed by atoms with van der Waals surface area (Å²) in [6, 6.07) is 8.68. The average Bonchev–Trinajstić information content (AvgIpc) is 2.87. The van der Waals surface area contributed by atoms with Crippen LogP contribution < -0.4 is 9.80 Å². The highest BCUT2D eigenvalue weighted by Crippen LogP contribution is 2.31. The Labute approximate surface area is 225 Å². The molecule has 2 aromatic rings. The lowest BCUT2D eigenvalue weighted by molar-refractivity contribution is -0.152. The highest BCUT2D eigenvalue weighted by atomic mass is 19.1. The first kappa shape index (κ1) is 30.2. The normalized spacial score (nSPS) is 16.9. The Morgan fingerprint density at radius 3 is 1.51 bits per heavy atom. The standard InChI is InChI=1S/C14H18FNO4.C13H16FNO4/c1-18-10-7-16(8-10)12-6-9(4-5-11(12)15)13(19-2)14(17)20-3;1-18-9-6-15(7-9)11-5-8(3-4-10(11)14)12(19-2)13(16)17/h4-6,10,13H,7-8H2,1-3H3;3-5,9,12H,6-7H2,1-2H3,(H,16,17). The number of anilines is 2. The molecule has 0 aromatic heterocycles. The van der Waals surface area contributed by atoms with Gasteiger partial charge in [-0.3, -0.25) is 0 Å². The molecule has 0 spiro atoms. The Morgan fingerprint density at radius 2 is 1.18 bits per heavy atom. The summed E-state index contributed by atoms with van der Waals surface area (Å²) in [5, 5.41) is 9.02. The van der Waals surface area contributed by atoms with Crippen molar-refractivity contribution < 1.29 is 47.2 Å². The molecule has 2 saturated heterocycles. The third-order valence-corrected chi connectivity index (χ3v) is 6.70. The number of halogens is 2. The fourth-order valence-corrected chi connectivity index (χ4v) is 4.29. The van der Waals surface area contributed by atoms with E-state index in [0.717, 1.165) is 0 Å². The molecule has 0 saturated carbocycles. The minimum atomic E-state index is -1.10. The fourth-order valence-electron chi connectivity index (χ4n) is 4.29. The van der Waals surface area contributed by atoms with E-state index >= 15 is 0 Å². The minimum Gasteiger partial charge on any atom is -0.479 e. The molecule has 0 aliphatic carbocycles. The van der Waals surface area contributed by atoms with Gasteiger partial charge in [-0.15, -0.1) is 0 Å². The first-order chi connectivity index (χ1) is 18.7. The molecule has 2 aliphatic rings. The predicted molar refractivity (Wildman–Crippen MR) is 138 cm³/mol. The predicted octanol–water partition coefficient (Wildman–Crippen LogP) is 2.95. The van der Waals surface area contributed by atoms with Gasteiger partial charge in [0.05, 0.1) is 30.7 Å². The Kier molecular flexibility index (Phi) is 10.6. The van der Waals surface area contributed by atoms with Crippen molar-refractivity contribution in [3.05, 3.63) is 59.2 Å². The molecule has 12 heteroatoms. The minimum absolute atomic E-state index is 0.0979. The van der Waals surface area contributed by atoms with Crippen molar-refractivity contribution in [1.29, 1.82) is 0 Å². The summed E-state index contributed by atoms with van der Waals surface area (Å²) in [6.45, 7) is 2.46. The quantitative estimate of drug-likeness (QED) is 0.442. The molecule has 0 amide bonds. The molecule has 2 fully saturated rings. The second-order valence-corrected chi connectivity index (χ2v) is 9.04. The number of ether oxygens (including phenoxy) is 5. The van der Waals surface area contributed by atoms with Gasteiger partial charge in [-0.05, 0) is 35.4 Å². The molecule has 1 N–H and O–H groups in total. The van der Waals surface area contributed by atoms with Crippen molar-refractivity contribution in [2.45, 2.75) is 24.4 Å². The monoisotopic (exact) mass is 552 g/mol. The third kappa shape index (κ3) is 7.01. The zero-order valence-electron chi connectivity index (χ0n) is 22.6. The van der Waals surface area contributed by atoms with Crippen molar-refractivity contribution in [1.82, 2.24) is 0 Å². The van der Waals surface area contributed by atoms with Crippen molar-refractivity contribution in [2.75, 3.05) is 71.5 Å². The van der Waals surface area contributed by atoms with Crippen LogP contribution in [0.1, 0.15) is 23.3 Å². The summed E-state index contributed by atoms with van der Waals surface area (Å²) in [4.78, 5) is 26.3. The lowest BCUT2D eigenvalue weighted by Gasteiger charge is -2.40. The van der Waals surface area contributed by atoms with Crippen LogP contribution in [-0.4, -0.2) is 91.0 Å². The topological polar surface area (TPSA) is 107 Å². The van der Waals surface area contributed by atoms with Crippen molar-refractivity contribution in [3.63, 3.8) is 0 Å². The molecule has 10 nitrogen and oxygen atoms in total. The second-order valence-electron chi connectivity index (χ2n) is 9.04. The highest BCUT2D eigenvalue weighted by Gasteiger charge is 2.31. The number of methoxy groups -OCH3 is 5. The number of carbonyl (C=O) groups is 2. The number of carboxylic acid groups (broad SMARTS) is 1. The van der Waals surface area contributed by atoms with Crippen LogP contribution in [0.3, 0.4) is 0 Å². The zero-order chi connectivity index (χ0) is 28.7. The lowest BCUT2D eigenvalue weighted by Crippen LogP contribution is -2.52. The number of esters is 1. The van der Waals surface area contributed by atoms with Gasteiger partial charge in [0.1, 0.15) is 11.6 Å². The number of benzene rings is 2. The van der Waals surface area contributed by atoms with Crippen LogP contribution >= 0.6 is 0 Å². The summed E-state index contributed by atoms with van der Waals surface area (Å²) in [5.74, 6) is -2.32. The van der Waals surface area contributed by atoms with Gasteiger partial charge in [0, 0.05) is 54.6 Å². The molecule has 2 aliphatic heterocycles. The SMILES string of the molecule is COC(=O)C(OC)c1ccc(F)c(N2CC(OC)C2)c1.COC1CN(c2cc(C(OC)C(=O)O)ccc2F)C1. The number of aliphatic carboxylic acids is 1.